The molecule has 1 heterocycles. The van der Waals surface area contributed by atoms with Crippen LogP contribution < -0.4 is 5.32 Å². The van der Waals surface area contributed by atoms with E-state index in [1.54, 1.807) is 7.11 Å². The van der Waals surface area contributed by atoms with Gasteiger partial charge in [-0.2, -0.15) is 0 Å². The molecule has 0 aromatic carbocycles. The lowest BCUT2D eigenvalue weighted by Crippen LogP contribution is -2.38. The van der Waals surface area contributed by atoms with Crippen LogP contribution in [0.15, 0.2) is 12.5 Å². The highest BCUT2D eigenvalue weighted by Gasteiger charge is 2.19. The Labute approximate surface area is 109 Å². The fourth-order valence-corrected chi connectivity index (χ4v) is 1.80. The molecule has 2 N–H and O–H groups in total. The zero-order valence-corrected chi connectivity index (χ0v) is 11.8. The number of nitrogens with one attached hydrogen (secondary N) is 1. The Hall–Kier alpha value is -0.910. The van der Waals surface area contributed by atoms with Crippen LogP contribution in [0.3, 0.4) is 0 Å². The molecule has 0 aliphatic carbocycles. The summed E-state index contributed by atoms with van der Waals surface area (Å²) in [6.07, 6.45) is 4.32. The molecular weight excluding hydrogens is 230 g/mol. The Morgan fingerprint density at radius 3 is 2.89 bits per heavy atom. The maximum Gasteiger partial charge on any atom is 0.0951 e. The number of aromatic nitrogens is 2. The largest absolute Gasteiger partial charge is 0.389 e. The quantitative estimate of drug-likeness (QED) is 0.736. The topological polar surface area (TPSA) is 59.3 Å². The van der Waals surface area contributed by atoms with Gasteiger partial charge in [-0.15, -0.1) is 0 Å². The van der Waals surface area contributed by atoms with Gasteiger partial charge in [0.15, 0.2) is 0 Å². The van der Waals surface area contributed by atoms with E-state index in [1.807, 2.05) is 19.4 Å². The van der Waals surface area contributed by atoms with Crippen molar-refractivity contribution in [2.45, 2.75) is 45.4 Å². The van der Waals surface area contributed by atoms with Crippen LogP contribution in [0.2, 0.25) is 0 Å². The summed E-state index contributed by atoms with van der Waals surface area (Å²) in [4.78, 5) is 4.15. The Bertz CT molecular complexity index is 348. The molecule has 5 heteroatoms. The van der Waals surface area contributed by atoms with Crippen molar-refractivity contribution in [2.24, 2.45) is 0 Å². The van der Waals surface area contributed by atoms with Crippen LogP contribution >= 0.6 is 0 Å². The van der Waals surface area contributed by atoms with Crippen molar-refractivity contribution in [3.05, 3.63) is 18.2 Å². The Balaban J connectivity index is 2.39. The van der Waals surface area contributed by atoms with E-state index in [2.05, 4.69) is 28.7 Å². The first-order valence-corrected chi connectivity index (χ1v) is 6.39. The van der Waals surface area contributed by atoms with E-state index in [1.165, 1.54) is 0 Å². The summed E-state index contributed by atoms with van der Waals surface area (Å²) in [5.74, 6) is 0. The molecule has 0 aliphatic rings. The van der Waals surface area contributed by atoms with E-state index in [0.29, 0.717) is 32.2 Å². The van der Waals surface area contributed by atoms with E-state index in [9.17, 15) is 5.11 Å². The van der Waals surface area contributed by atoms with Gasteiger partial charge < -0.3 is 19.7 Å². The van der Waals surface area contributed by atoms with E-state index in [-0.39, 0.29) is 0 Å². The summed E-state index contributed by atoms with van der Waals surface area (Å²) in [5.41, 5.74) is 0.395. The van der Waals surface area contributed by atoms with Crippen LogP contribution in [0, 0.1) is 0 Å². The van der Waals surface area contributed by atoms with Crippen molar-refractivity contribution in [3.8, 4) is 0 Å². The molecule has 0 amide bonds. The second kappa shape index (κ2) is 6.87. The van der Waals surface area contributed by atoms with Gasteiger partial charge in [0.1, 0.15) is 0 Å². The molecule has 0 radical (unpaired) electrons. The maximum atomic E-state index is 10.1. The molecular formula is C13H25N3O2. The summed E-state index contributed by atoms with van der Waals surface area (Å²) in [5, 5.41) is 13.4. The summed E-state index contributed by atoms with van der Waals surface area (Å²) >= 11 is 0. The summed E-state index contributed by atoms with van der Waals surface area (Å²) in [7, 11) is 1.64. The van der Waals surface area contributed by atoms with Crippen molar-refractivity contribution in [1.29, 1.82) is 0 Å². The average molecular weight is 255 g/mol. The van der Waals surface area contributed by atoms with Gasteiger partial charge in [0.05, 0.1) is 17.6 Å². The average Bonchev–Trinajstić information content (AvgIpc) is 2.74. The lowest BCUT2D eigenvalue weighted by Gasteiger charge is -2.23. The zero-order chi connectivity index (χ0) is 13.6. The van der Waals surface area contributed by atoms with Crippen LogP contribution in [0.4, 0.5) is 0 Å². The van der Waals surface area contributed by atoms with Crippen LogP contribution in [-0.2, 0) is 11.3 Å². The molecule has 0 saturated heterocycles. The predicted molar refractivity (Wildman–Crippen MR) is 71.4 cm³/mol. The molecule has 1 aromatic rings. The number of hydrogen-bond donors (Lipinski definition) is 2. The van der Waals surface area contributed by atoms with Crippen LogP contribution in [-0.4, -0.2) is 40.5 Å². The van der Waals surface area contributed by atoms with Gasteiger partial charge in [-0.1, -0.05) is 0 Å². The third-order valence-electron chi connectivity index (χ3n) is 2.96. The first kappa shape index (κ1) is 15.1. The molecule has 0 saturated carbocycles. The molecule has 18 heavy (non-hydrogen) atoms. The van der Waals surface area contributed by atoms with Gasteiger partial charge in [0.25, 0.3) is 0 Å². The summed E-state index contributed by atoms with van der Waals surface area (Å²) in [6, 6.07) is 0.401. The Kier molecular flexibility index (Phi) is 5.78. The van der Waals surface area contributed by atoms with Crippen LogP contribution in [0.5, 0.6) is 0 Å². The maximum absolute atomic E-state index is 10.1. The highest BCUT2D eigenvalue weighted by Crippen LogP contribution is 2.10. The highest BCUT2D eigenvalue weighted by atomic mass is 16.5. The fraction of sp³-hybridized carbons (Fsp3) is 0.769. The number of rotatable bonds is 8. The van der Waals surface area contributed by atoms with Crippen LogP contribution in [0.1, 0.15) is 38.9 Å². The number of imidazole rings is 1. The predicted octanol–water partition coefficient (Wildman–Crippen LogP) is 1.34. The summed E-state index contributed by atoms with van der Waals surface area (Å²) in [6.45, 7) is 7.89. The molecule has 0 fully saturated rings. The van der Waals surface area contributed by atoms with Crippen molar-refractivity contribution in [3.63, 3.8) is 0 Å². The minimum atomic E-state index is -0.737. The normalized spacial score (nSPS) is 15.0. The van der Waals surface area contributed by atoms with E-state index < -0.39 is 5.60 Å². The number of hydrogen-bond acceptors (Lipinski definition) is 4. The Morgan fingerprint density at radius 2 is 2.28 bits per heavy atom. The lowest BCUT2D eigenvalue weighted by atomic mass is 10.0. The smallest absolute Gasteiger partial charge is 0.0951 e. The SMILES string of the molecule is COCCC(C)(O)CNCc1cncn1C(C)C. The molecule has 5 nitrogen and oxygen atoms in total. The third kappa shape index (κ3) is 4.76. The molecule has 1 unspecified atom stereocenters. The van der Waals surface area contributed by atoms with E-state index in [0.717, 1.165) is 5.69 Å². The molecule has 1 aromatic heterocycles. The fourth-order valence-electron chi connectivity index (χ4n) is 1.80. The second-order valence-corrected chi connectivity index (χ2v) is 5.23. The zero-order valence-electron chi connectivity index (χ0n) is 11.8. The van der Waals surface area contributed by atoms with Crippen molar-refractivity contribution in [1.82, 2.24) is 14.9 Å². The van der Waals surface area contributed by atoms with Gasteiger partial charge in [-0.3, -0.25) is 0 Å². The molecule has 104 valence electrons. The van der Waals surface area contributed by atoms with Crippen molar-refractivity contribution >= 4 is 0 Å². The van der Waals surface area contributed by atoms with Gasteiger partial charge in [-0.25, -0.2) is 4.98 Å². The van der Waals surface area contributed by atoms with Gasteiger partial charge in [-0.05, 0) is 20.8 Å². The summed E-state index contributed by atoms with van der Waals surface area (Å²) < 4.78 is 7.10. The molecule has 0 aliphatic heterocycles. The lowest BCUT2D eigenvalue weighted by molar-refractivity contribution is 0.0246. The van der Waals surface area contributed by atoms with Crippen molar-refractivity contribution < 1.29 is 9.84 Å². The first-order chi connectivity index (χ1) is 8.46. The minimum Gasteiger partial charge on any atom is -0.389 e. The molecule has 1 atom stereocenters. The first-order valence-electron chi connectivity index (χ1n) is 6.39. The van der Waals surface area contributed by atoms with Gasteiger partial charge in [0.2, 0.25) is 0 Å². The number of nitrogens with zero attached hydrogens (tertiary/aromatic N) is 2. The van der Waals surface area contributed by atoms with Crippen LogP contribution in [0.25, 0.3) is 0 Å². The molecule has 0 bridgehead atoms. The standard InChI is InChI=1S/C13H25N3O2/c1-11(2)16-10-15-8-12(16)7-14-9-13(3,17)5-6-18-4/h8,10-11,14,17H,5-7,9H2,1-4H3. The monoisotopic (exact) mass is 255 g/mol. The number of ether oxygens (including phenoxy) is 1. The molecule has 1 rings (SSSR count). The van der Waals surface area contributed by atoms with Crippen molar-refractivity contribution in [2.75, 3.05) is 20.3 Å². The highest BCUT2D eigenvalue weighted by molar-refractivity contribution is 4.99. The van der Waals surface area contributed by atoms with E-state index in [4.69, 9.17) is 4.74 Å². The molecule has 0 spiro atoms. The third-order valence-corrected chi connectivity index (χ3v) is 2.96. The Morgan fingerprint density at radius 1 is 1.56 bits per heavy atom. The van der Waals surface area contributed by atoms with E-state index >= 15 is 0 Å². The number of aliphatic hydroxyl groups is 1. The second-order valence-electron chi connectivity index (χ2n) is 5.23. The van der Waals surface area contributed by atoms with Gasteiger partial charge >= 0.3 is 0 Å². The minimum absolute atomic E-state index is 0.401. The number of methoxy groups -OCH3 is 1. The van der Waals surface area contributed by atoms with Gasteiger partial charge in [0, 0.05) is 45.5 Å².